The number of hydrogen-bond acceptors (Lipinski definition) is 32. The van der Waals surface area contributed by atoms with Crippen molar-refractivity contribution < 1.29 is 143 Å². The number of ketones is 2. The molecule has 4 bridgehead atoms. The average molecular weight is 1760 g/mol. The van der Waals surface area contributed by atoms with E-state index in [1.54, 1.807) is 114 Å². The molecule has 0 aliphatic carbocycles. The van der Waals surface area contributed by atoms with Gasteiger partial charge in [0.1, 0.15) is 61.0 Å². The highest BCUT2D eigenvalue weighted by atomic mass is 16.7. The maximum absolute atomic E-state index is 14.3. The molecule has 6 saturated heterocycles. The molecule has 34 atom stereocenters. The number of hydrogen-bond donors (Lipinski definition) is 2. The zero-order valence-corrected chi connectivity index (χ0v) is 78.0. The topological polar surface area (TPSA) is 352 Å². The van der Waals surface area contributed by atoms with E-state index in [9.17, 15) is 39.0 Å². The molecular weight excluding hydrogens is 1610 g/mol. The van der Waals surface area contributed by atoms with Gasteiger partial charge in [0.15, 0.2) is 42.8 Å². The summed E-state index contributed by atoms with van der Waals surface area (Å²) in [6, 6.07) is -1.32. The molecule has 0 spiro atoms. The van der Waals surface area contributed by atoms with E-state index in [-0.39, 0.29) is 94.2 Å². The predicted molar refractivity (Wildman–Crippen MR) is 456 cm³/mol. The second-order valence-electron chi connectivity index (χ2n) is 35.2. The molecule has 0 amide bonds. The summed E-state index contributed by atoms with van der Waals surface area (Å²) in [4.78, 5) is 85.0. The van der Waals surface area contributed by atoms with Crippen molar-refractivity contribution in [3.05, 3.63) is 71.9 Å². The second-order valence-corrected chi connectivity index (χ2v) is 35.2. The zero-order valence-electron chi connectivity index (χ0n) is 78.0. The van der Waals surface area contributed by atoms with Gasteiger partial charge in [0.2, 0.25) is 0 Å². The molecule has 124 heavy (non-hydrogen) atoms. The van der Waals surface area contributed by atoms with Gasteiger partial charge in [-0.25, -0.2) is 0 Å². The Balaban J connectivity index is 0.000000342. The monoisotopic (exact) mass is 1760 g/mol. The Morgan fingerprint density at radius 2 is 0.831 bits per heavy atom. The van der Waals surface area contributed by atoms with E-state index in [1.165, 1.54) is 13.8 Å². The van der Waals surface area contributed by atoms with Gasteiger partial charge in [0.25, 0.3) is 0 Å². The van der Waals surface area contributed by atoms with E-state index in [1.807, 2.05) is 86.3 Å². The van der Waals surface area contributed by atoms with Gasteiger partial charge >= 0.3 is 23.9 Å². The Kier molecular flexibility index (Phi) is 43.9. The summed E-state index contributed by atoms with van der Waals surface area (Å²) < 4.78 is 136. The number of cyclic esters (lactones) is 2. The van der Waals surface area contributed by atoms with E-state index < -0.39 is 200 Å². The molecule has 0 aromatic rings. The Labute approximate surface area is 735 Å². The maximum atomic E-state index is 14.3. The normalized spacial score (nSPS) is 41.2. The largest absolute Gasteiger partial charge is 0.462 e. The van der Waals surface area contributed by atoms with Crippen molar-refractivity contribution in [2.24, 2.45) is 47.3 Å². The fourth-order valence-corrected chi connectivity index (χ4v) is 18.4. The first kappa shape index (κ1) is 106. The van der Waals surface area contributed by atoms with Crippen molar-refractivity contribution in [3.8, 4) is 0 Å². The molecule has 6 fully saturated rings. The van der Waals surface area contributed by atoms with Crippen molar-refractivity contribution in [2.75, 3.05) is 124 Å². The minimum atomic E-state index is -1.20. The number of likely N-dealkylation sites (N-methyl/N-ethyl adjacent to an activating group) is 2. The van der Waals surface area contributed by atoms with Crippen LogP contribution in [-0.4, -0.2) is 338 Å². The summed E-state index contributed by atoms with van der Waals surface area (Å²) in [6.45, 7) is 35.1. The van der Waals surface area contributed by atoms with Crippen LogP contribution in [-0.2, 0) is 133 Å². The SMILES string of the molecule is C=C1COCC[C@H]2C[C@@H](C)C(=O)/C=C/C(C)=C/[C@H](COC3O[C@H](C)[C@@H](OC)[C@@H](OC)[C@H]3OC)[C@@H](CC)OC(=O)C[C@@H](OC1)[C@H](C)[C@H]2OC1O[C@H](C)[C@@H](O)[C@H](N(C)C)[C@H]1O.C=C1COCC[C@H]2C[C@@H](C)C(=O)/C=C/C(C)=C/[C@H](COC3O[C@H](C)[C@@H](OC)[C@@H](OC)[C@H]3OC)[C@@H](CC)OC(=O)C[C@@H](OC1)[C@H](C)[C@H]2OC1O[C@H](C)[C@@H](OC(C)=O)[C@H](N(C)C)[C@H]1OC(C)=O. The highest BCUT2D eigenvalue weighted by Crippen LogP contribution is 2.41. The highest BCUT2D eigenvalue weighted by molar-refractivity contribution is 5.92. The Hall–Kier alpha value is -5.22. The van der Waals surface area contributed by atoms with Gasteiger partial charge < -0.3 is 119 Å². The maximum Gasteiger partial charge on any atom is 0.308 e. The molecular formula is C92H150N2O30. The quantitative estimate of drug-likeness (QED) is 0.0583. The number of aliphatic hydroxyl groups is 2. The molecule has 0 saturated carbocycles. The fraction of sp³-hybridized carbons (Fsp3) is 0.804. The lowest BCUT2D eigenvalue weighted by Gasteiger charge is -2.48. The number of fused-ring (bicyclic) bond motifs is 6. The Morgan fingerprint density at radius 1 is 0.460 bits per heavy atom. The summed E-state index contributed by atoms with van der Waals surface area (Å²) in [5.41, 5.74) is 2.95. The van der Waals surface area contributed by atoms with Crippen molar-refractivity contribution in [1.82, 2.24) is 9.80 Å². The van der Waals surface area contributed by atoms with E-state index >= 15 is 0 Å². The van der Waals surface area contributed by atoms with Gasteiger partial charge in [-0.15, -0.1) is 0 Å². The molecule has 8 aliphatic heterocycles. The Bertz CT molecular complexity index is 3480. The van der Waals surface area contributed by atoms with Crippen LogP contribution in [0.4, 0.5) is 0 Å². The van der Waals surface area contributed by atoms with Crippen LogP contribution in [0.2, 0.25) is 0 Å². The van der Waals surface area contributed by atoms with Crippen molar-refractivity contribution in [1.29, 1.82) is 0 Å². The molecule has 32 nitrogen and oxygen atoms in total. The summed E-state index contributed by atoms with van der Waals surface area (Å²) in [5.74, 6) is -5.67. The first-order chi connectivity index (χ1) is 58.9. The van der Waals surface area contributed by atoms with Crippen molar-refractivity contribution in [2.45, 2.75) is 308 Å². The van der Waals surface area contributed by atoms with Crippen LogP contribution >= 0.6 is 0 Å². The van der Waals surface area contributed by atoms with Crippen LogP contribution in [0.5, 0.6) is 0 Å². The number of esters is 4. The van der Waals surface area contributed by atoms with Gasteiger partial charge in [0.05, 0.1) is 120 Å². The predicted octanol–water partition coefficient (Wildman–Crippen LogP) is 8.40. The van der Waals surface area contributed by atoms with E-state index in [2.05, 4.69) is 13.2 Å². The molecule has 2 N–H and O–H groups in total. The number of nitrogens with zero attached hydrogens (tertiary/aromatic N) is 2. The third-order valence-corrected chi connectivity index (χ3v) is 25.3. The third-order valence-electron chi connectivity index (χ3n) is 25.3. The second kappa shape index (κ2) is 51.4. The molecule has 708 valence electrons. The molecule has 4 unspecified atom stereocenters. The lowest BCUT2D eigenvalue weighted by Crippen LogP contribution is -2.65. The van der Waals surface area contributed by atoms with Crippen LogP contribution in [0.3, 0.4) is 0 Å². The third kappa shape index (κ3) is 29.4. The van der Waals surface area contributed by atoms with Crippen molar-refractivity contribution in [3.63, 3.8) is 0 Å². The average Bonchev–Trinajstić information content (AvgIpc) is 0.811. The summed E-state index contributed by atoms with van der Waals surface area (Å²) in [6.07, 6.45) is -4.09. The van der Waals surface area contributed by atoms with Gasteiger partial charge in [0, 0.05) is 105 Å². The van der Waals surface area contributed by atoms with Gasteiger partial charge in [-0.2, -0.15) is 0 Å². The fourth-order valence-electron chi connectivity index (χ4n) is 18.4. The number of rotatable bonds is 22. The first-order valence-electron chi connectivity index (χ1n) is 44.2. The molecule has 0 aromatic heterocycles. The molecule has 8 aliphatic rings. The van der Waals surface area contributed by atoms with Crippen LogP contribution in [0.25, 0.3) is 0 Å². The van der Waals surface area contributed by atoms with E-state index in [0.717, 1.165) is 11.1 Å². The lowest BCUT2D eigenvalue weighted by atomic mass is 9.79. The Morgan fingerprint density at radius 3 is 1.21 bits per heavy atom. The molecule has 0 aromatic carbocycles. The zero-order chi connectivity index (χ0) is 91.7. The number of aliphatic hydroxyl groups excluding tert-OH is 2. The molecule has 0 radical (unpaired) electrons. The molecule has 8 heterocycles. The number of carbonyl (C=O) groups excluding carboxylic acids is 6. The molecule has 8 rings (SSSR count). The van der Waals surface area contributed by atoms with Crippen LogP contribution < -0.4 is 0 Å². The summed E-state index contributed by atoms with van der Waals surface area (Å²) >= 11 is 0. The standard InChI is InChI=1S/C48H77NO16.C44H73NO14/c1-15-37-35(25-59-47-46(56-14)45(55-13)43(54-12)31(7)60-47)20-26(2)16-17-36(52)28(4)21-34-18-19-57-23-27(3)24-58-38(22-39(53)64-37)29(5)41(34)65-48-44(63-33(9)51)40(49(10)11)42(30(6)61-48)62-32(8)50;1-13-33-31(23-55-44-42(52-12)41(51-11)40(50-10)29(7)57-44)18-24(2)14-15-32(46)26(4)19-30-16-17-53-21-25(3)22-54-34(20-35(47)58-33)27(5)39(30)59-43-38(49)36(45(8)9)37(48)28(6)56-43/h16-17,20,28-31,34-35,37-38,40-48H,3,15,18-19,21-25H2,1-2,4-14H3;14-15,18,26-31,33-34,36-44,48-49H,3,13,16-17,19-23H2,1-2,4-12H3/b17-16+,26-20+;15-14+,24-18+/t28-,29+,30-,31-,34+,35-,37-,38-,40+,41-,42-,43-,44-,45-,46-,47?,48?;26-,27+,28-,29-,30+,31-,33-,34-,36+,37-,38-,39-,40-,41-,42-,43?,44?/m11/s1. The van der Waals surface area contributed by atoms with Crippen LogP contribution in [0.1, 0.15) is 148 Å². The lowest BCUT2D eigenvalue weighted by molar-refractivity contribution is -0.308. The minimum absolute atomic E-state index is 0.0665. The number of methoxy groups -OCH3 is 6. The minimum Gasteiger partial charge on any atom is -0.462 e. The van der Waals surface area contributed by atoms with Gasteiger partial charge in [-0.3, -0.25) is 33.7 Å². The highest BCUT2D eigenvalue weighted by Gasteiger charge is 2.54. The smallest absolute Gasteiger partial charge is 0.308 e. The van der Waals surface area contributed by atoms with E-state index in [0.29, 0.717) is 62.9 Å². The van der Waals surface area contributed by atoms with Crippen molar-refractivity contribution >= 4 is 35.4 Å². The number of allylic oxidation sites excluding steroid dienone is 6. The number of ether oxygens (including phenoxy) is 22. The summed E-state index contributed by atoms with van der Waals surface area (Å²) in [5, 5.41) is 22.5. The van der Waals surface area contributed by atoms with E-state index in [4.69, 9.17) is 104 Å². The number of carbonyl (C=O) groups is 6. The van der Waals surface area contributed by atoms with Gasteiger partial charge in [-0.05, 0) is 143 Å². The molecule has 32 heteroatoms. The van der Waals surface area contributed by atoms with Gasteiger partial charge in [-0.1, -0.05) is 90.2 Å². The first-order valence-corrected chi connectivity index (χ1v) is 44.2. The van der Waals surface area contributed by atoms with Crippen LogP contribution in [0.15, 0.2) is 71.9 Å². The summed E-state index contributed by atoms with van der Waals surface area (Å²) in [7, 11) is 16.7. The van der Waals surface area contributed by atoms with Crippen LogP contribution in [0, 0.1) is 47.3 Å².